The van der Waals surface area contributed by atoms with Gasteiger partial charge in [-0.25, -0.2) is 0 Å². The van der Waals surface area contributed by atoms with Crippen molar-refractivity contribution < 1.29 is 0 Å². The maximum atomic E-state index is 4.02. The lowest BCUT2D eigenvalue weighted by molar-refractivity contribution is 0.699. The molecule has 1 saturated carbocycles. The van der Waals surface area contributed by atoms with Crippen molar-refractivity contribution in [2.24, 2.45) is 5.92 Å². The van der Waals surface area contributed by atoms with E-state index in [1.807, 2.05) is 0 Å². The Kier molecular flexibility index (Phi) is 1.75. The lowest BCUT2D eigenvalue weighted by Gasteiger charge is -2.00. The minimum atomic E-state index is 0.733. The summed E-state index contributed by atoms with van der Waals surface area (Å²) in [7, 11) is 0. The van der Waals surface area contributed by atoms with Crippen LogP contribution in [-0.4, -0.2) is 0 Å². The largest absolute Gasteiger partial charge is 0.0953 e. The summed E-state index contributed by atoms with van der Waals surface area (Å²) >= 11 is 0. The predicted molar refractivity (Wildman–Crippen MR) is 41.3 cm³/mol. The van der Waals surface area contributed by atoms with E-state index in [9.17, 15) is 0 Å². The van der Waals surface area contributed by atoms with Gasteiger partial charge in [0, 0.05) is 0 Å². The molecule has 0 aromatic carbocycles. The van der Waals surface area contributed by atoms with Crippen molar-refractivity contribution in [3.8, 4) is 0 Å². The molecule has 1 aliphatic rings. The molecule has 0 aliphatic heterocycles. The first kappa shape index (κ1) is 6.60. The molecule has 0 aromatic heterocycles. The number of hydrogen-bond acceptors (Lipinski definition) is 0. The maximum absolute atomic E-state index is 4.02. The second kappa shape index (κ2) is 2.38. The highest BCUT2D eigenvalue weighted by Gasteiger charge is 2.17. The Labute approximate surface area is 57.3 Å². The zero-order valence-corrected chi connectivity index (χ0v) is 6.28. The minimum absolute atomic E-state index is 0.733. The van der Waals surface area contributed by atoms with E-state index in [4.69, 9.17) is 0 Å². The molecule has 50 valence electrons. The van der Waals surface area contributed by atoms with E-state index in [1.54, 1.807) is 0 Å². The van der Waals surface area contributed by atoms with Crippen LogP contribution in [0, 0.1) is 5.92 Å². The molecule has 1 rings (SSSR count). The van der Waals surface area contributed by atoms with Crippen LogP contribution in [0.15, 0.2) is 23.8 Å². The van der Waals surface area contributed by atoms with E-state index in [0.717, 1.165) is 5.92 Å². The fourth-order valence-electron chi connectivity index (χ4n) is 1.35. The summed E-state index contributed by atoms with van der Waals surface area (Å²) in [6, 6.07) is 0. The van der Waals surface area contributed by atoms with Crippen molar-refractivity contribution >= 4 is 0 Å². The van der Waals surface area contributed by atoms with E-state index in [1.165, 1.54) is 24.0 Å². The van der Waals surface area contributed by atoms with E-state index in [2.05, 4.69) is 26.5 Å². The second-order valence-electron chi connectivity index (χ2n) is 2.78. The first-order valence-electron chi connectivity index (χ1n) is 3.60. The average molecular weight is 122 g/mol. The Bertz CT molecular complexity index is 151. The second-order valence-corrected chi connectivity index (χ2v) is 2.78. The van der Waals surface area contributed by atoms with Gasteiger partial charge >= 0.3 is 0 Å². The number of hydrogen-bond donors (Lipinski definition) is 0. The van der Waals surface area contributed by atoms with E-state index < -0.39 is 0 Å². The lowest BCUT2D eigenvalue weighted by Crippen LogP contribution is -1.86. The monoisotopic (exact) mass is 122 g/mol. The standard InChI is InChI=1S/C9H14/c1-4-9-6-5-7(2)8(9)3/h4,7H,3,5-6H2,1-2H3/b9-4-. The van der Waals surface area contributed by atoms with Gasteiger partial charge in [-0.05, 0) is 36.8 Å². The van der Waals surface area contributed by atoms with Crippen LogP contribution < -0.4 is 0 Å². The van der Waals surface area contributed by atoms with Crippen molar-refractivity contribution in [3.05, 3.63) is 23.8 Å². The van der Waals surface area contributed by atoms with E-state index in [0.29, 0.717) is 0 Å². The lowest BCUT2D eigenvalue weighted by atomic mass is 10.1. The van der Waals surface area contributed by atoms with Gasteiger partial charge < -0.3 is 0 Å². The van der Waals surface area contributed by atoms with Gasteiger partial charge in [0.15, 0.2) is 0 Å². The normalized spacial score (nSPS) is 32.0. The molecule has 0 radical (unpaired) electrons. The molecule has 1 atom stereocenters. The average Bonchev–Trinajstić information content (AvgIpc) is 2.15. The summed E-state index contributed by atoms with van der Waals surface area (Å²) in [4.78, 5) is 0. The van der Waals surface area contributed by atoms with Crippen LogP contribution >= 0.6 is 0 Å². The molecule has 0 heteroatoms. The molecule has 0 spiro atoms. The number of allylic oxidation sites excluding steroid dienone is 3. The molecule has 0 saturated heterocycles. The van der Waals surface area contributed by atoms with Crippen molar-refractivity contribution in [2.45, 2.75) is 26.7 Å². The zero-order chi connectivity index (χ0) is 6.85. The summed E-state index contributed by atoms with van der Waals surface area (Å²) in [6.45, 7) is 8.36. The molecular weight excluding hydrogens is 108 g/mol. The van der Waals surface area contributed by atoms with Crippen molar-refractivity contribution in [3.63, 3.8) is 0 Å². The summed E-state index contributed by atoms with van der Waals surface area (Å²) in [6.07, 6.45) is 4.74. The van der Waals surface area contributed by atoms with E-state index in [-0.39, 0.29) is 0 Å². The molecule has 1 fully saturated rings. The molecule has 1 unspecified atom stereocenters. The van der Waals surface area contributed by atoms with Gasteiger partial charge in [-0.15, -0.1) is 0 Å². The molecular formula is C9H14. The topological polar surface area (TPSA) is 0 Å². The highest BCUT2D eigenvalue weighted by Crippen LogP contribution is 2.33. The highest BCUT2D eigenvalue weighted by atomic mass is 14.2. The third kappa shape index (κ3) is 1.07. The van der Waals surface area contributed by atoms with Crippen molar-refractivity contribution in [1.82, 2.24) is 0 Å². The first-order valence-corrected chi connectivity index (χ1v) is 3.60. The summed E-state index contributed by atoms with van der Waals surface area (Å²) in [5.41, 5.74) is 2.83. The summed E-state index contributed by atoms with van der Waals surface area (Å²) in [5, 5.41) is 0. The molecule has 1 aliphatic carbocycles. The third-order valence-corrected chi connectivity index (χ3v) is 2.20. The van der Waals surface area contributed by atoms with Crippen LogP contribution in [0.5, 0.6) is 0 Å². The Hall–Kier alpha value is -0.520. The zero-order valence-electron chi connectivity index (χ0n) is 6.28. The molecule has 0 aromatic rings. The Morgan fingerprint density at radius 2 is 2.33 bits per heavy atom. The van der Waals surface area contributed by atoms with Gasteiger partial charge in [0.1, 0.15) is 0 Å². The van der Waals surface area contributed by atoms with Gasteiger partial charge in [-0.1, -0.05) is 19.6 Å². The van der Waals surface area contributed by atoms with Gasteiger partial charge in [0.25, 0.3) is 0 Å². The smallest absolute Gasteiger partial charge is 0.0190 e. The first-order chi connectivity index (χ1) is 4.25. The van der Waals surface area contributed by atoms with Crippen LogP contribution in [0.2, 0.25) is 0 Å². The molecule has 0 heterocycles. The van der Waals surface area contributed by atoms with Crippen LogP contribution in [0.3, 0.4) is 0 Å². The Balaban J connectivity index is 2.74. The molecule has 0 bridgehead atoms. The summed E-state index contributed by atoms with van der Waals surface area (Å²) in [5.74, 6) is 0.733. The van der Waals surface area contributed by atoms with Crippen molar-refractivity contribution in [2.75, 3.05) is 0 Å². The van der Waals surface area contributed by atoms with Crippen LogP contribution in [0.1, 0.15) is 26.7 Å². The Morgan fingerprint density at radius 3 is 2.56 bits per heavy atom. The van der Waals surface area contributed by atoms with Gasteiger partial charge in [0.2, 0.25) is 0 Å². The highest BCUT2D eigenvalue weighted by molar-refractivity contribution is 5.33. The molecule has 9 heavy (non-hydrogen) atoms. The third-order valence-electron chi connectivity index (χ3n) is 2.20. The van der Waals surface area contributed by atoms with Crippen LogP contribution in [0.25, 0.3) is 0 Å². The SMILES string of the molecule is C=C1/C(=C\C)CCC1C. The molecule has 0 N–H and O–H groups in total. The quantitative estimate of drug-likeness (QED) is 0.463. The fourth-order valence-corrected chi connectivity index (χ4v) is 1.35. The van der Waals surface area contributed by atoms with Crippen LogP contribution in [0.4, 0.5) is 0 Å². The van der Waals surface area contributed by atoms with Gasteiger partial charge in [0.05, 0.1) is 0 Å². The van der Waals surface area contributed by atoms with Crippen molar-refractivity contribution in [1.29, 1.82) is 0 Å². The van der Waals surface area contributed by atoms with Gasteiger partial charge in [-0.2, -0.15) is 0 Å². The van der Waals surface area contributed by atoms with Crippen LogP contribution in [-0.2, 0) is 0 Å². The summed E-state index contributed by atoms with van der Waals surface area (Å²) < 4.78 is 0. The van der Waals surface area contributed by atoms with E-state index >= 15 is 0 Å². The Morgan fingerprint density at radius 1 is 1.67 bits per heavy atom. The minimum Gasteiger partial charge on any atom is -0.0953 e. The number of rotatable bonds is 0. The fraction of sp³-hybridized carbons (Fsp3) is 0.556. The molecule has 0 amide bonds. The molecule has 0 nitrogen and oxygen atoms in total. The maximum Gasteiger partial charge on any atom is -0.0190 e. The van der Waals surface area contributed by atoms with Gasteiger partial charge in [-0.3, -0.25) is 0 Å². The predicted octanol–water partition coefficient (Wildman–Crippen LogP) is 2.92.